The molecule has 5 rings (SSSR count). The summed E-state index contributed by atoms with van der Waals surface area (Å²) in [6.45, 7) is 4.88. The Kier molecular flexibility index (Phi) is 7.38. The monoisotopic (exact) mass is 565 g/mol. The molecule has 2 saturated heterocycles. The van der Waals surface area contributed by atoms with Gasteiger partial charge in [0.15, 0.2) is 5.01 Å². The molecule has 1 atom stereocenters. The molecular weight excluding hydrogens is 531 g/mol. The number of pyridine rings is 1. The van der Waals surface area contributed by atoms with Gasteiger partial charge in [-0.3, -0.25) is 9.59 Å². The number of carbonyl (C=O) groups is 2. The highest BCUT2D eigenvalue weighted by Crippen LogP contribution is 2.44. The van der Waals surface area contributed by atoms with Gasteiger partial charge in [0.1, 0.15) is 11.5 Å². The zero-order valence-corrected chi connectivity index (χ0v) is 23.1. The molecule has 212 valence electrons. The number of rotatable bonds is 8. The quantitative estimate of drug-likeness (QED) is 0.412. The fourth-order valence-corrected chi connectivity index (χ4v) is 6.72. The minimum absolute atomic E-state index is 0.0181. The summed E-state index contributed by atoms with van der Waals surface area (Å²) in [6, 6.07) is 1.02. The number of hydrogen-bond donors (Lipinski definition) is 3. The Morgan fingerprint density at radius 1 is 1.15 bits per heavy atom. The first-order valence-corrected chi connectivity index (χ1v) is 14.3. The first-order valence-electron chi connectivity index (χ1n) is 13.5. The molecule has 3 fully saturated rings. The van der Waals surface area contributed by atoms with Crippen LogP contribution in [0.15, 0.2) is 12.3 Å². The Morgan fingerprint density at radius 3 is 2.33 bits per heavy atom. The molecule has 3 aliphatic rings. The van der Waals surface area contributed by atoms with Gasteiger partial charge in [-0.05, 0) is 71.3 Å². The highest BCUT2D eigenvalue weighted by molar-refractivity contribution is 7.17. The van der Waals surface area contributed by atoms with Gasteiger partial charge in [0, 0.05) is 36.4 Å². The van der Waals surface area contributed by atoms with Gasteiger partial charge in [0.25, 0.3) is 11.8 Å². The van der Waals surface area contributed by atoms with Crippen LogP contribution in [-0.4, -0.2) is 62.1 Å². The second kappa shape index (κ2) is 10.3. The zero-order valence-electron chi connectivity index (χ0n) is 22.3. The molecule has 0 aromatic carbocycles. The van der Waals surface area contributed by atoms with Gasteiger partial charge in [0.05, 0.1) is 16.0 Å². The van der Waals surface area contributed by atoms with Gasteiger partial charge in [-0.2, -0.15) is 13.2 Å². The summed E-state index contributed by atoms with van der Waals surface area (Å²) in [5.74, 6) is -0.612. The van der Waals surface area contributed by atoms with Crippen molar-refractivity contribution in [1.29, 1.82) is 0 Å². The molecule has 0 unspecified atom stereocenters. The van der Waals surface area contributed by atoms with E-state index in [0.29, 0.717) is 5.92 Å². The molecule has 1 aliphatic carbocycles. The van der Waals surface area contributed by atoms with E-state index in [1.54, 1.807) is 4.90 Å². The minimum atomic E-state index is -4.73. The predicted molar refractivity (Wildman–Crippen MR) is 142 cm³/mol. The Morgan fingerprint density at radius 2 is 1.79 bits per heavy atom. The summed E-state index contributed by atoms with van der Waals surface area (Å²) < 4.78 is 43.2. The third kappa shape index (κ3) is 5.77. The van der Waals surface area contributed by atoms with Gasteiger partial charge in [-0.25, -0.2) is 9.97 Å². The summed E-state index contributed by atoms with van der Waals surface area (Å²) in [5.41, 5.74) is -2.58. The average Bonchev–Trinajstić information content (AvgIpc) is 3.54. The molecule has 0 spiro atoms. The van der Waals surface area contributed by atoms with Crippen molar-refractivity contribution in [3.8, 4) is 10.4 Å². The van der Waals surface area contributed by atoms with E-state index < -0.39 is 29.2 Å². The van der Waals surface area contributed by atoms with Crippen LogP contribution in [0.5, 0.6) is 0 Å². The van der Waals surface area contributed by atoms with Crippen molar-refractivity contribution in [2.24, 2.45) is 5.92 Å². The summed E-state index contributed by atoms with van der Waals surface area (Å²) in [7, 11) is 0. The molecule has 2 aromatic heterocycles. The normalized spacial score (nSPS) is 22.1. The van der Waals surface area contributed by atoms with Crippen molar-refractivity contribution >= 4 is 29.0 Å². The lowest BCUT2D eigenvalue weighted by Gasteiger charge is -2.32. The fraction of sp³-hybridized carbons (Fsp3) is 0.630. The van der Waals surface area contributed by atoms with E-state index in [4.69, 9.17) is 0 Å². The summed E-state index contributed by atoms with van der Waals surface area (Å²) >= 11 is 0.736. The summed E-state index contributed by atoms with van der Waals surface area (Å²) in [6.07, 6.45) is 2.97. The molecule has 39 heavy (non-hydrogen) atoms. The standard InChI is InChI=1S/C27H34F3N5O3S/c1-14(15-5-4-6-15)33-20-11-19(27(28,29)30)18(12-31-20)22-21(25(37)35-16-7-8-17(35)10-9-16)34-24(39-22)23(36)32-13-26(2,3)38/h11-12,14-17,38H,4-10,13H2,1-3H3,(H,31,33)(H,32,36)/t14-,16?,17?/m1/s1. The maximum absolute atomic E-state index is 14.4. The molecule has 2 bridgehead atoms. The van der Waals surface area contributed by atoms with E-state index in [1.165, 1.54) is 13.8 Å². The molecule has 1 saturated carbocycles. The lowest BCUT2D eigenvalue weighted by atomic mass is 9.80. The van der Waals surface area contributed by atoms with Crippen molar-refractivity contribution in [2.45, 2.75) is 95.6 Å². The van der Waals surface area contributed by atoms with E-state index in [-0.39, 0.29) is 51.6 Å². The first kappa shape index (κ1) is 27.8. The molecule has 12 heteroatoms. The molecule has 0 radical (unpaired) electrons. The van der Waals surface area contributed by atoms with Crippen LogP contribution in [0.4, 0.5) is 19.0 Å². The van der Waals surface area contributed by atoms with Crippen molar-refractivity contribution in [1.82, 2.24) is 20.2 Å². The van der Waals surface area contributed by atoms with Crippen LogP contribution in [0.3, 0.4) is 0 Å². The summed E-state index contributed by atoms with van der Waals surface area (Å²) in [5, 5.41) is 15.5. The average molecular weight is 566 g/mol. The van der Waals surface area contributed by atoms with Gasteiger partial charge in [-0.15, -0.1) is 11.3 Å². The van der Waals surface area contributed by atoms with Gasteiger partial charge < -0.3 is 20.6 Å². The first-order chi connectivity index (χ1) is 18.3. The van der Waals surface area contributed by atoms with E-state index in [9.17, 15) is 27.9 Å². The van der Waals surface area contributed by atoms with Crippen LogP contribution in [-0.2, 0) is 6.18 Å². The number of aliphatic hydroxyl groups is 1. The lowest BCUT2D eigenvalue weighted by Crippen LogP contribution is -2.38. The topological polar surface area (TPSA) is 107 Å². The number of anilines is 1. The van der Waals surface area contributed by atoms with Crippen LogP contribution < -0.4 is 10.6 Å². The molecule has 3 N–H and O–H groups in total. The van der Waals surface area contributed by atoms with Crippen LogP contribution >= 0.6 is 11.3 Å². The molecule has 8 nitrogen and oxygen atoms in total. The number of nitrogens with one attached hydrogen (secondary N) is 2. The van der Waals surface area contributed by atoms with Gasteiger partial charge >= 0.3 is 6.18 Å². The third-order valence-electron chi connectivity index (χ3n) is 8.08. The SMILES string of the molecule is C[C@@H](Nc1cc(C(F)(F)F)c(-c2sc(C(=O)NCC(C)(C)O)nc2C(=O)N2C3CCC2CC3)cn1)C1CCC1. The van der Waals surface area contributed by atoms with E-state index >= 15 is 0 Å². The predicted octanol–water partition coefficient (Wildman–Crippen LogP) is 5.09. The van der Waals surface area contributed by atoms with Crippen molar-refractivity contribution in [3.63, 3.8) is 0 Å². The highest BCUT2D eigenvalue weighted by atomic mass is 32.1. The van der Waals surface area contributed by atoms with Crippen molar-refractivity contribution in [2.75, 3.05) is 11.9 Å². The van der Waals surface area contributed by atoms with Crippen LogP contribution in [0, 0.1) is 5.92 Å². The Hall–Kier alpha value is -2.73. The van der Waals surface area contributed by atoms with E-state index in [2.05, 4.69) is 20.6 Å². The number of aromatic nitrogens is 2. The van der Waals surface area contributed by atoms with Crippen LogP contribution in [0.1, 0.15) is 91.6 Å². The number of amides is 2. The number of halogens is 3. The van der Waals surface area contributed by atoms with Gasteiger partial charge in [0.2, 0.25) is 0 Å². The molecule has 2 amide bonds. The number of fused-ring (bicyclic) bond motifs is 2. The number of thiazole rings is 1. The smallest absolute Gasteiger partial charge is 0.389 e. The maximum Gasteiger partial charge on any atom is 0.417 e. The Balaban J connectivity index is 1.54. The molecule has 4 heterocycles. The fourth-order valence-electron chi connectivity index (χ4n) is 5.72. The van der Waals surface area contributed by atoms with Crippen molar-refractivity contribution < 1.29 is 27.9 Å². The Bertz CT molecular complexity index is 1230. The van der Waals surface area contributed by atoms with Crippen molar-refractivity contribution in [3.05, 3.63) is 28.5 Å². The van der Waals surface area contributed by atoms with Crippen LogP contribution in [0.25, 0.3) is 10.4 Å². The molecule has 2 aromatic rings. The van der Waals surface area contributed by atoms with Crippen LogP contribution in [0.2, 0.25) is 0 Å². The zero-order chi connectivity index (χ0) is 28.1. The van der Waals surface area contributed by atoms with E-state index in [0.717, 1.165) is 68.5 Å². The molecule has 2 aliphatic heterocycles. The summed E-state index contributed by atoms with van der Waals surface area (Å²) in [4.78, 5) is 36.9. The highest BCUT2D eigenvalue weighted by Gasteiger charge is 2.45. The molecular formula is C27H34F3N5O3S. The second-order valence-corrected chi connectivity index (χ2v) is 12.6. The number of carbonyl (C=O) groups excluding carboxylic acids is 2. The Labute approximate surface area is 229 Å². The number of alkyl halides is 3. The third-order valence-corrected chi connectivity index (χ3v) is 9.17. The minimum Gasteiger partial charge on any atom is -0.389 e. The number of nitrogens with zero attached hydrogens (tertiary/aromatic N) is 3. The largest absolute Gasteiger partial charge is 0.417 e. The number of hydrogen-bond acceptors (Lipinski definition) is 7. The second-order valence-electron chi connectivity index (χ2n) is 11.6. The lowest BCUT2D eigenvalue weighted by molar-refractivity contribution is -0.137. The van der Waals surface area contributed by atoms with Gasteiger partial charge in [-0.1, -0.05) is 6.42 Å². The maximum atomic E-state index is 14.4. The van der Waals surface area contributed by atoms with E-state index in [1.807, 2.05) is 6.92 Å².